The predicted octanol–water partition coefficient (Wildman–Crippen LogP) is 5.66. The monoisotopic (exact) mass is 675 g/mol. The molecule has 1 aliphatic heterocycles. The average molecular weight is 676 g/mol. The van der Waals surface area contributed by atoms with Crippen LogP contribution in [0.3, 0.4) is 0 Å². The Hall–Kier alpha value is -3.10. The van der Waals surface area contributed by atoms with Crippen LogP contribution in [-0.4, -0.2) is 60.0 Å². The number of benzene rings is 1. The first-order valence-corrected chi connectivity index (χ1v) is 17.4. The second-order valence-electron chi connectivity index (χ2n) is 12.7. The standard InChI is InChI=1S/C31H38ClN5O6S2/c1-17-10-22(11-20(17)15-42-45(33,40)41)36-29-25(14-34-16-35-29)28(38)26-13-23(18(2)44-26)27-24-12-21(32)7-6-19(24)8-9-37(27)30(39)43-31(3,4)5/h6-7,12-14,16-17,20,22,27H,8-11,15H2,1-5H3,(H2,33,40,41)(H,34,35,36)/t17-,20+,22-,27-/m0/s1. The van der Waals surface area contributed by atoms with Gasteiger partial charge in [-0.2, -0.15) is 8.42 Å². The molecule has 0 spiro atoms. The van der Waals surface area contributed by atoms with Gasteiger partial charge >= 0.3 is 16.4 Å². The van der Waals surface area contributed by atoms with Crippen molar-refractivity contribution in [3.05, 3.63) is 73.8 Å². The number of hydrogen-bond donors (Lipinski definition) is 2. The number of amides is 1. The fourth-order valence-corrected chi connectivity index (χ4v) is 7.67. The van der Waals surface area contributed by atoms with Gasteiger partial charge in [0.2, 0.25) is 5.78 Å². The maximum Gasteiger partial charge on any atom is 0.411 e. The Bertz CT molecular complexity index is 1710. The van der Waals surface area contributed by atoms with Gasteiger partial charge in [-0.1, -0.05) is 24.6 Å². The molecule has 0 saturated heterocycles. The topological polar surface area (TPSA) is 154 Å². The lowest BCUT2D eigenvalue weighted by Gasteiger charge is -2.38. The minimum atomic E-state index is -4.02. The fraction of sp³-hybridized carbons (Fsp3) is 0.484. The molecule has 242 valence electrons. The molecule has 3 aromatic rings. The molecular weight excluding hydrogens is 638 g/mol. The zero-order chi connectivity index (χ0) is 32.7. The Morgan fingerprint density at radius 2 is 1.96 bits per heavy atom. The normalized spacial score (nSPS) is 21.8. The van der Waals surface area contributed by atoms with E-state index in [0.29, 0.717) is 40.7 Å². The highest BCUT2D eigenvalue weighted by Gasteiger charge is 2.37. The number of nitrogens with zero attached hydrogens (tertiary/aromatic N) is 3. The summed E-state index contributed by atoms with van der Waals surface area (Å²) in [6.07, 6.45) is 4.46. The van der Waals surface area contributed by atoms with E-state index in [9.17, 15) is 18.0 Å². The van der Waals surface area contributed by atoms with Crippen molar-refractivity contribution in [2.24, 2.45) is 17.0 Å². The molecule has 2 aliphatic rings. The third kappa shape index (κ3) is 7.83. The van der Waals surface area contributed by atoms with Crippen LogP contribution in [0.25, 0.3) is 0 Å². The molecule has 1 aliphatic carbocycles. The van der Waals surface area contributed by atoms with Crippen LogP contribution >= 0.6 is 22.9 Å². The molecular formula is C31H38ClN5O6S2. The number of fused-ring (bicyclic) bond motifs is 1. The van der Waals surface area contributed by atoms with Gasteiger partial charge in [0.05, 0.1) is 23.1 Å². The van der Waals surface area contributed by atoms with Crippen LogP contribution in [0, 0.1) is 18.8 Å². The molecule has 45 heavy (non-hydrogen) atoms. The quantitative estimate of drug-likeness (QED) is 0.288. The number of carbonyl (C=O) groups excluding carboxylic acids is 2. The number of ketones is 1. The summed E-state index contributed by atoms with van der Waals surface area (Å²) >= 11 is 7.78. The van der Waals surface area contributed by atoms with Crippen LogP contribution in [0.4, 0.5) is 10.6 Å². The van der Waals surface area contributed by atoms with Crippen LogP contribution in [0.1, 0.15) is 83.4 Å². The molecule has 1 saturated carbocycles. The zero-order valence-corrected chi connectivity index (χ0v) is 28.3. The van der Waals surface area contributed by atoms with Crippen molar-refractivity contribution in [3.63, 3.8) is 0 Å². The third-order valence-corrected chi connectivity index (χ3v) is 10.00. The van der Waals surface area contributed by atoms with E-state index in [4.69, 9.17) is 25.7 Å². The summed E-state index contributed by atoms with van der Waals surface area (Å²) in [5.41, 5.74) is 2.46. The van der Waals surface area contributed by atoms with Gasteiger partial charge in [0, 0.05) is 28.7 Å². The summed E-state index contributed by atoms with van der Waals surface area (Å²) in [5, 5.41) is 8.95. The number of aromatic nitrogens is 2. The fourth-order valence-electron chi connectivity index (χ4n) is 6.12. The first-order valence-electron chi connectivity index (χ1n) is 14.8. The van der Waals surface area contributed by atoms with E-state index in [1.165, 1.54) is 23.9 Å². The molecule has 0 radical (unpaired) electrons. The second kappa shape index (κ2) is 13.0. The van der Waals surface area contributed by atoms with E-state index in [2.05, 4.69) is 15.3 Å². The van der Waals surface area contributed by atoms with Gasteiger partial charge in [-0.15, -0.1) is 11.3 Å². The molecule has 0 bridgehead atoms. The number of aryl methyl sites for hydroxylation is 1. The Kier molecular flexibility index (Phi) is 9.58. The lowest BCUT2D eigenvalue weighted by molar-refractivity contribution is 0.0178. The van der Waals surface area contributed by atoms with Crippen molar-refractivity contribution in [1.29, 1.82) is 0 Å². The minimum absolute atomic E-state index is 0.000805. The van der Waals surface area contributed by atoms with Crippen molar-refractivity contribution in [2.45, 2.75) is 71.6 Å². The van der Waals surface area contributed by atoms with Crippen molar-refractivity contribution < 1.29 is 26.9 Å². The van der Waals surface area contributed by atoms with Gasteiger partial charge in [-0.25, -0.2) is 19.9 Å². The number of halogens is 1. The van der Waals surface area contributed by atoms with E-state index < -0.39 is 28.0 Å². The van der Waals surface area contributed by atoms with Crippen molar-refractivity contribution >= 4 is 50.9 Å². The van der Waals surface area contributed by atoms with Gasteiger partial charge in [0.1, 0.15) is 17.7 Å². The summed E-state index contributed by atoms with van der Waals surface area (Å²) in [6, 6.07) is 7.02. The van der Waals surface area contributed by atoms with Crippen molar-refractivity contribution in [3.8, 4) is 0 Å². The van der Waals surface area contributed by atoms with E-state index >= 15 is 0 Å². The molecule has 0 unspecified atom stereocenters. The number of rotatable bonds is 8. The van der Waals surface area contributed by atoms with Crippen LogP contribution in [0.5, 0.6) is 0 Å². The summed E-state index contributed by atoms with van der Waals surface area (Å²) in [7, 11) is -4.02. The number of thiophene rings is 1. The van der Waals surface area contributed by atoms with E-state index in [1.54, 1.807) is 4.90 Å². The molecule has 3 N–H and O–H groups in total. The zero-order valence-electron chi connectivity index (χ0n) is 25.9. The summed E-state index contributed by atoms with van der Waals surface area (Å²) in [5.74, 6) is 0.304. The first-order chi connectivity index (χ1) is 21.1. The largest absolute Gasteiger partial charge is 0.444 e. The number of ether oxygens (including phenoxy) is 1. The second-order valence-corrected chi connectivity index (χ2v) is 15.6. The lowest BCUT2D eigenvalue weighted by atomic mass is 9.88. The number of carbonyl (C=O) groups is 2. The van der Waals surface area contributed by atoms with Gasteiger partial charge in [0.25, 0.3) is 0 Å². The summed E-state index contributed by atoms with van der Waals surface area (Å²) < 4.78 is 33.2. The SMILES string of the molecule is Cc1sc(C(=O)c2cncnc2N[C@@H]2C[C@H](COS(N)(=O)=O)[C@@H](C)C2)cc1[C@H]1c2cc(Cl)ccc2CCN1C(=O)OC(C)(C)C. The van der Waals surface area contributed by atoms with Crippen molar-refractivity contribution in [1.82, 2.24) is 14.9 Å². The van der Waals surface area contributed by atoms with E-state index in [0.717, 1.165) is 28.0 Å². The summed E-state index contributed by atoms with van der Waals surface area (Å²) in [4.78, 5) is 39.0. The maximum atomic E-state index is 14.0. The number of anilines is 1. The minimum Gasteiger partial charge on any atom is -0.444 e. The molecule has 14 heteroatoms. The smallest absolute Gasteiger partial charge is 0.411 e. The van der Waals surface area contributed by atoms with Crippen LogP contribution in [-0.2, 0) is 25.6 Å². The van der Waals surface area contributed by atoms with Gasteiger partial charge < -0.3 is 10.1 Å². The molecule has 1 fully saturated rings. The molecule has 5 rings (SSSR count). The van der Waals surface area contributed by atoms with Gasteiger partial charge in [-0.05, 0) is 93.7 Å². The number of hydrogen-bond acceptors (Lipinski definition) is 10. The molecule has 4 atom stereocenters. The molecule has 3 heterocycles. The molecule has 2 aromatic heterocycles. The Balaban J connectivity index is 1.43. The highest BCUT2D eigenvalue weighted by Crippen LogP contribution is 2.42. The van der Waals surface area contributed by atoms with Crippen molar-refractivity contribution in [2.75, 3.05) is 18.5 Å². The highest BCUT2D eigenvalue weighted by atomic mass is 35.5. The Morgan fingerprint density at radius 3 is 2.67 bits per heavy atom. The third-order valence-electron chi connectivity index (χ3n) is 8.23. The first kappa shape index (κ1) is 33.3. The Labute approximate surface area is 272 Å². The predicted molar refractivity (Wildman–Crippen MR) is 173 cm³/mol. The van der Waals surface area contributed by atoms with Gasteiger partial charge in [0.15, 0.2) is 0 Å². The molecule has 11 nitrogen and oxygen atoms in total. The van der Waals surface area contributed by atoms with E-state index in [-0.39, 0.29) is 30.3 Å². The summed E-state index contributed by atoms with van der Waals surface area (Å²) in [6.45, 7) is 9.92. The van der Waals surface area contributed by atoms with Crippen LogP contribution in [0.15, 0.2) is 36.8 Å². The number of nitrogens with two attached hydrogens (primary N) is 1. The Morgan fingerprint density at radius 1 is 1.20 bits per heavy atom. The van der Waals surface area contributed by atoms with E-state index in [1.807, 2.05) is 58.9 Å². The van der Waals surface area contributed by atoms with Crippen LogP contribution in [0.2, 0.25) is 5.02 Å². The maximum absolute atomic E-state index is 14.0. The number of nitrogens with one attached hydrogen (secondary N) is 1. The molecule has 1 aromatic carbocycles. The highest BCUT2D eigenvalue weighted by molar-refractivity contribution is 7.84. The average Bonchev–Trinajstić information content (AvgIpc) is 3.50. The molecule has 1 amide bonds. The van der Waals surface area contributed by atoms with Crippen LogP contribution < -0.4 is 10.5 Å². The lowest BCUT2D eigenvalue weighted by Crippen LogP contribution is -2.43. The van der Waals surface area contributed by atoms with Gasteiger partial charge in [-0.3, -0.25) is 13.9 Å².